The molecule has 0 aromatic heterocycles. The molecule has 0 aliphatic heterocycles. The van der Waals surface area contributed by atoms with Crippen molar-refractivity contribution in [2.75, 3.05) is 0 Å². The first-order valence-corrected chi connectivity index (χ1v) is 7.57. The lowest BCUT2D eigenvalue weighted by Gasteiger charge is -2.08. The van der Waals surface area contributed by atoms with Crippen LogP contribution in [-0.2, 0) is 0 Å². The summed E-state index contributed by atoms with van der Waals surface area (Å²) in [6, 6.07) is 12.0. The van der Waals surface area contributed by atoms with E-state index in [0.717, 1.165) is 30.5 Å². The van der Waals surface area contributed by atoms with Gasteiger partial charge in [0.05, 0.1) is 5.02 Å². The van der Waals surface area contributed by atoms with Gasteiger partial charge in [-0.05, 0) is 61.7 Å². The number of fused-ring (bicyclic) bond motifs is 3. The third-order valence-electron chi connectivity index (χ3n) is 2.91. The molecule has 0 radical (unpaired) electrons. The molecular formula is C14H6Br2Cl2. The summed E-state index contributed by atoms with van der Waals surface area (Å²) in [6.45, 7) is 0. The predicted octanol–water partition coefficient (Wildman–Crippen LogP) is 6.82. The lowest BCUT2D eigenvalue weighted by molar-refractivity contribution is 1.70. The monoisotopic (exact) mass is 402 g/mol. The van der Waals surface area contributed by atoms with Crippen molar-refractivity contribution in [1.29, 1.82) is 0 Å². The number of hydrogen-bond acceptors (Lipinski definition) is 0. The molecule has 3 rings (SSSR count). The maximum atomic E-state index is 6.18. The first-order chi connectivity index (χ1) is 8.56. The van der Waals surface area contributed by atoms with Crippen molar-refractivity contribution in [2.45, 2.75) is 0 Å². The Labute approximate surface area is 131 Å². The summed E-state index contributed by atoms with van der Waals surface area (Å²) < 4.78 is 1.89. The number of hydrogen-bond donors (Lipinski definition) is 0. The van der Waals surface area contributed by atoms with Crippen LogP contribution < -0.4 is 0 Å². The van der Waals surface area contributed by atoms with Gasteiger partial charge in [0, 0.05) is 14.0 Å². The molecule has 0 bridgehead atoms. The zero-order chi connectivity index (χ0) is 12.9. The topological polar surface area (TPSA) is 0 Å². The fraction of sp³-hybridized carbons (Fsp3) is 0. The summed E-state index contributed by atoms with van der Waals surface area (Å²) in [5.41, 5.74) is 0. The van der Waals surface area contributed by atoms with Crippen LogP contribution in [0.25, 0.3) is 21.5 Å². The normalized spacial score (nSPS) is 11.3. The van der Waals surface area contributed by atoms with Crippen LogP contribution in [0.4, 0.5) is 0 Å². The summed E-state index contributed by atoms with van der Waals surface area (Å²) in [4.78, 5) is 0. The molecule has 0 atom stereocenters. The Morgan fingerprint density at radius 2 is 1.50 bits per heavy atom. The molecule has 0 heterocycles. The summed E-state index contributed by atoms with van der Waals surface area (Å²) in [5, 5.41) is 5.87. The largest absolute Gasteiger partial charge is 0.0843 e. The van der Waals surface area contributed by atoms with Gasteiger partial charge in [0.1, 0.15) is 0 Å². The molecule has 0 nitrogen and oxygen atoms in total. The van der Waals surface area contributed by atoms with Crippen molar-refractivity contribution in [3.8, 4) is 0 Å². The van der Waals surface area contributed by atoms with E-state index in [0.29, 0.717) is 10.0 Å². The summed E-state index contributed by atoms with van der Waals surface area (Å²) in [5.74, 6) is 0. The first-order valence-electron chi connectivity index (χ1n) is 5.23. The highest BCUT2D eigenvalue weighted by atomic mass is 79.9. The molecule has 3 aromatic carbocycles. The van der Waals surface area contributed by atoms with Crippen LogP contribution in [-0.4, -0.2) is 0 Å². The Balaban J connectivity index is 2.56. The maximum absolute atomic E-state index is 6.18. The molecule has 0 spiro atoms. The van der Waals surface area contributed by atoms with Gasteiger partial charge in [-0.25, -0.2) is 0 Å². The molecule has 0 aliphatic carbocycles. The zero-order valence-electron chi connectivity index (χ0n) is 8.98. The van der Waals surface area contributed by atoms with Crippen molar-refractivity contribution in [2.24, 2.45) is 0 Å². The zero-order valence-corrected chi connectivity index (χ0v) is 13.7. The van der Waals surface area contributed by atoms with E-state index in [2.05, 4.69) is 44.0 Å². The molecule has 0 saturated carbocycles. The van der Waals surface area contributed by atoms with Gasteiger partial charge in [-0.1, -0.05) is 51.3 Å². The predicted molar refractivity (Wildman–Crippen MR) is 86.9 cm³/mol. The van der Waals surface area contributed by atoms with Gasteiger partial charge >= 0.3 is 0 Å². The molecule has 90 valence electrons. The quantitative estimate of drug-likeness (QED) is 0.360. The van der Waals surface area contributed by atoms with Crippen LogP contribution in [0.2, 0.25) is 10.0 Å². The van der Waals surface area contributed by atoms with E-state index < -0.39 is 0 Å². The van der Waals surface area contributed by atoms with Crippen LogP contribution in [0.3, 0.4) is 0 Å². The highest BCUT2D eigenvalue weighted by Crippen LogP contribution is 2.36. The highest BCUT2D eigenvalue weighted by Gasteiger charge is 2.07. The summed E-state index contributed by atoms with van der Waals surface area (Å²) in [7, 11) is 0. The Kier molecular flexibility index (Phi) is 3.31. The van der Waals surface area contributed by atoms with Crippen LogP contribution in [0.5, 0.6) is 0 Å². The average molecular weight is 405 g/mol. The van der Waals surface area contributed by atoms with Gasteiger partial charge in [-0.2, -0.15) is 0 Å². The molecule has 0 amide bonds. The van der Waals surface area contributed by atoms with E-state index in [1.165, 1.54) is 0 Å². The Hall–Kier alpha value is -0.280. The van der Waals surface area contributed by atoms with Gasteiger partial charge < -0.3 is 0 Å². The fourth-order valence-electron chi connectivity index (χ4n) is 2.08. The Bertz CT molecular complexity index is 782. The van der Waals surface area contributed by atoms with Gasteiger partial charge in [0.2, 0.25) is 0 Å². The smallest absolute Gasteiger partial charge is 0.0554 e. The van der Waals surface area contributed by atoms with E-state index in [1.807, 2.05) is 24.3 Å². The molecular weight excluding hydrogens is 399 g/mol. The number of benzene rings is 3. The van der Waals surface area contributed by atoms with Crippen LogP contribution in [0.15, 0.2) is 45.3 Å². The second kappa shape index (κ2) is 4.68. The van der Waals surface area contributed by atoms with Crippen LogP contribution >= 0.6 is 55.1 Å². The molecule has 0 fully saturated rings. The van der Waals surface area contributed by atoms with Gasteiger partial charge in [-0.3, -0.25) is 0 Å². The van der Waals surface area contributed by atoms with Crippen molar-refractivity contribution in [3.63, 3.8) is 0 Å². The SMILES string of the molecule is Clc1cc(Br)c2ccc3cc(Br)c(Cl)cc3c2c1. The van der Waals surface area contributed by atoms with E-state index >= 15 is 0 Å². The van der Waals surface area contributed by atoms with Crippen LogP contribution in [0, 0.1) is 0 Å². The number of rotatable bonds is 0. The van der Waals surface area contributed by atoms with Crippen LogP contribution in [0.1, 0.15) is 0 Å². The van der Waals surface area contributed by atoms with E-state index in [4.69, 9.17) is 23.2 Å². The standard InChI is InChI=1S/C14H6Br2Cl2/c15-12-5-8(17)4-11-9(12)2-1-7-3-13(16)14(18)6-10(7)11/h1-6H. The first kappa shape index (κ1) is 12.7. The second-order valence-electron chi connectivity index (χ2n) is 4.04. The summed E-state index contributed by atoms with van der Waals surface area (Å²) >= 11 is 19.3. The summed E-state index contributed by atoms with van der Waals surface area (Å²) in [6.07, 6.45) is 0. The Morgan fingerprint density at radius 1 is 0.722 bits per heavy atom. The van der Waals surface area contributed by atoms with Crippen molar-refractivity contribution >= 4 is 76.6 Å². The number of halogens is 4. The Morgan fingerprint density at radius 3 is 2.28 bits per heavy atom. The maximum Gasteiger partial charge on any atom is 0.0554 e. The lowest BCUT2D eigenvalue weighted by Crippen LogP contribution is -1.81. The average Bonchev–Trinajstić information content (AvgIpc) is 2.30. The van der Waals surface area contributed by atoms with Crippen molar-refractivity contribution in [3.05, 3.63) is 55.4 Å². The fourth-order valence-corrected chi connectivity index (χ4v) is 3.55. The van der Waals surface area contributed by atoms with E-state index in [-0.39, 0.29) is 0 Å². The highest BCUT2D eigenvalue weighted by molar-refractivity contribution is 9.11. The van der Waals surface area contributed by atoms with Crippen molar-refractivity contribution < 1.29 is 0 Å². The van der Waals surface area contributed by atoms with Gasteiger partial charge in [-0.15, -0.1) is 0 Å². The third kappa shape index (κ3) is 2.05. The molecule has 3 aromatic rings. The van der Waals surface area contributed by atoms with E-state index in [1.54, 1.807) is 0 Å². The minimum absolute atomic E-state index is 0.700. The minimum Gasteiger partial charge on any atom is -0.0843 e. The molecule has 0 aliphatic rings. The molecule has 4 heteroatoms. The third-order valence-corrected chi connectivity index (χ3v) is 4.98. The van der Waals surface area contributed by atoms with Gasteiger partial charge in [0.25, 0.3) is 0 Å². The molecule has 18 heavy (non-hydrogen) atoms. The molecule has 0 saturated heterocycles. The lowest BCUT2D eigenvalue weighted by atomic mass is 10.0. The molecule has 0 unspecified atom stereocenters. The van der Waals surface area contributed by atoms with Gasteiger partial charge in [0.15, 0.2) is 0 Å². The van der Waals surface area contributed by atoms with E-state index in [9.17, 15) is 0 Å². The molecule has 0 N–H and O–H groups in total. The second-order valence-corrected chi connectivity index (χ2v) is 6.59. The van der Waals surface area contributed by atoms with Crippen molar-refractivity contribution in [1.82, 2.24) is 0 Å². The minimum atomic E-state index is 0.700.